The SMILES string of the molecule is CC1(C)CCCN(S(=O)(=O)c2cnn(CCO)c2)CC1. The monoisotopic (exact) mass is 301 g/mol. The molecule has 0 bridgehead atoms. The molecule has 1 aromatic heterocycles. The first-order valence-electron chi connectivity index (χ1n) is 6.99. The average molecular weight is 301 g/mol. The van der Waals surface area contributed by atoms with Crippen molar-refractivity contribution in [1.82, 2.24) is 14.1 Å². The molecule has 0 aromatic carbocycles. The first-order valence-corrected chi connectivity index (χ1v) is 8.43. The molecule has 114 valence electrons. The van der Waals surface area contributed by atoms with Gasteiger partial charge in [-0.3, -0.25) is 4.68 Å². The molecule has 1 N–H and O–H groups in total. The summed E-state index contributed by atoms with van der Waals surface area (Å²) in [7, 11) is -3.46. The third kappa shape index (κ3) is 3.39. The van der Waals surface area contributed by atoms with Crippen molar-refractivity contribution in [3.63, 3.8) is 0 Å². The minimum atomic E-state index is -3.46. The molecule has 1 saturated heterocycles. The van der Waals surface area contributed by atoms with Crippen molar-refractivity contribution in [2.75, 3.05) is 19.7 Å². The molecule has 6 nitrogen and oxygen atoms in total. The van der Waals surface area contributed by atoms with Crippen molar-refractivity contribution in [1.29, 1.82) is 0 Å². The molecule has 2 heterocycles. The Morgan fingerprint density at radius 2 is 2.10 bits per heavy atom. The van der Waals surface area contributed by atoms with Gasteiger partial charge in [0.25, 0.3) is 0 Å². The van der Waals surface area contributed by atoms with E-state index < -0.39 is 10.0 Å². The van der Waals surface area contributed by atoms with Crippen LogP contribution < -0.4 is 0 Å². The number of aromatic nitrogens is 2. The average Bonchev–Trinajstić information content (AvgIpc) is 2.75. The van der Waals surface area contributed by atoms with Crippen LogP contribution in [0.4, 0.5) is 0 Å². The van der Waals surface area contributed by atoms with E-state index in [2.05, 4.69) is 18.9 Å². The summed E-state index contributed by atoms with van der Waals surface area (Å²) in [5.41, 5.74) is 0.200. The zero-order chi connectivity index (χ0) is 14.8. The second-order valence-corrected chi connectivity index (χ2v) is 8.02. The Balaban J connectivity index is 2.16. The summed E-state index contributed by atoms with van der Waals surface area (Å²) in [4.78, 5) is 0.214. The Morgan fingerprint density at radius 1 is 1.35 bits per heavy atom. The lowest BCUT2D eigenvalue weighted by Crippen LogP contribution is -2.32. The minimum absolute atomic E-state index is 0.0565. The highest BCUT2D eigenvalue weighted by atomic mass is 32.2. The number of aliphatic hydroxyl groups is 1. The van der Waals surface area contributed by atoms with Gasteiger partial charge in [-0.15, -0.1) is 0 Å². The lowest BCUT2D eigenvalue weighted by atomic mass is 9.85. The van der Waals surface area contributed by atoms with Crippen LogP contribution in [0, 0.1) is 5.41 Å². The van der Waals surface area contributed by atoms with Crippen LogP contribution >= 0.6 is 0 Å². The molecule has 0 atom stereocenters. The summed E-state index contributed by atoms with van der Waals surface area (Å²) in [6.45, 7) is 5.74. The van der Waals surface area contributed by atoms with Crippen molar-refractivity contribution in [3.8, 4) is 0 Å². The fraction of sp³-hybridized carbons (Fsp3) is 0.769. The van der Waals surface area contributed by atoms with Gasteiger partial charge in [0.05, 0.1) is 19.3 Å². The Hall–Kier alpha value is -0.920. The first-order chi connectivity index (χ1) is 9.35. The van der Waals surface area contributed by atoms with Crippen LogP contribution in [0.5, 0.6) is 0 Å². The number of rotatable bonds is 4. The molecule has 0 unspecified atom stereocenters. The van der Waals surface area contributed by atoms with Crippen LogP contribution in [0.1, 0.15) is 33.1 Å². The number of hydrogen-bond acceptors (Lipinski definition) is 4. The molecule has 20 heavy (non-hydrogen) atoms. The topological polar surface area (TPSA) is 75.4 Å². The number of aliphatic hydroxyl groups excluding tert-OH is 1. The normalized spacial score (nSPS) is 20.8. The molecule has 0 aliphatic carbocycles. The lowest BCUT2D eigenvalue weighted by Gasteiger charge is -2.22. The Morgan fingerprint density at radius 3 is 2.80 bits per heavy atom. The minimum Gasteiger partial charge on any atom is -0.394 e. The van der Waals surface area contributed by atoms with Crippen LogP contribution in [0.2, 0.25) is 0 Å². The van der Waals surface area contributed by atoms with Gasteiger partial charge < -0.3 is 5.11 Å². The number of hydrogen-bond donors (Lipinski definition) is 1. The predicted molar refractivity (Wildman–Crippen MR) is 75.7 cm³/mol. The molecule has 1 aromatic rings. The van der Waals surface area contributed by atoms with Crippen LogP contribution in [0.25, 0.3) is 0 Å². The molecule has 7 heteroatoms. The summed E-state index contributed by atoms with van der Waals surface area (Å²) in [5, 5.41) is 12.8. The van der Waals surface area contributed by atoms with Gasteiger partial charge in [-0.1, -0.05) is 13.8 Å². The van der Waals surface area contributed by atoms with Gasteiger partial charge in [0.15, 0.2) is 0 Å². The third-order valence-corrected chi connectivity index (χ3v) is 5.73. The molecule has 2 rings (SSSR count). The van der Waals surface area contributed by atoms with Crippen LogP contribution in [-0.2, 0) is 16.6 Å². The van der Waals surface area contributed by atoms with Crippen LogP contribution in [-0.4, -0.2) is 47.3 Å². The van der Waals surface area contributed by atoms with E-state index in [4.69, 9.17) is 5.11 Å². The highest BCUT2D eigenvalue weighted by molar-refractivity contribution is 7.89. The van der Waals surface area contributed by atoms with Crippen molar-refractivity contribution >= 4 is 10.0 Å². The smallest absolute Gasteiger partial charge is 0.246 e. The van der Waals surface area contributed by atoms with E-state index in [1.54, 1.807) is 4.31 Å². The Kier molecular flexibility index (Phi) is 4.51. The zero-order valence-corrected chi connectivity index (χ0v) is 12.9. The van der Waals surface area contributed by atoms with Gasteiger partial charge in [-0.05, 0) is 24.7 Å². The van der Waals surface area contributed by atoms with Gasteiger partial charge in [0.2, 0.25) is 10.0 Å². The fourth-order valence-electron chi connectivity index (χ4n) is 2.49. The lowest BCUT2D eigenvalue weighted by molar-refractivity contribution is 0.269. The maximum Gasteiger partial charge on any atom is 0.246 e. The number of nitrogens with zero attached hydrogens (tertiary/aromatic N) is 3. The molecule has 1 fully saturated rings. The van der Waals surface area contributed by atoms with E-state index in [1.165, 1.54) is 17.1 Å². The Labute approximate surface area is 120 Å². The first kappa shape index (κ1) is 15.5. The standard InChI is InChI=1S/C13H23N3O3S/c1-13(2)4-3-6-16(7-5-13)20(18,19)12-10-14-15(11-12)8-9-17/h10-11,17H,3-9H2,1-2H3. The van der Waals surface area contributed by atoms with E-state index in [1.807, 2.05) is 0 Å². The molecule has 1 aliphatic rings. The van der Waals surface area contributed by atoms with Crippen molar-refractivity contribution in [2.24, 2.45) is 5.41 Å². The summed E-state index contributed by atoms with van der Waals surface area (Å²) in [6, 6.07) is 0. The van der Waals surface area contributed by atoms with Crippen molar-refractivity contribution in [3.05, 3.63) is 12.4 Å². The molecular weight excluding hydrogens is 278 g/mol. The van der Waals surface area contributed by atoms with Crippen molar-refractivity contribution < 1.29 is 13.5 Å². The Bertz CT molecular complexity index is 551. The van der Waals surface area contributed by atoms with Gasteiger partial charge in [-0.25, -0.2) is 8.42 Å². The van der Waals surface area contributed by atoms with E-state index in [-0.39, 0.29) is 16.9 Å². The highest BCUT2D eigenvalue weighted by Crippen LogP contribution is 2.31. The summed E-state index contributed by atoms with van der Waals surface area (Å²) >= 11 is 0. The summed E-state index contributed by atoms with van der Waals surface area (Å²) in [6.07, 6.45) is 5.65. The summed E-state index contributed by atoms with van der Waals surface area (Å²) < 4.78 is 28.2. The molecule has 0 spiro atoms. The predicted octanol–water partition coefficient (Wildman–Crippen LogP) is 1.08. The molecule has 0 saturated carbocycles. The van der Waals surface area contributed by atoms with Crippen LogP contribution in [0.15, 0.2) is 17.3 Å². The van der Waals surface area contributed by atoms with Gasteiger partial charge >= 0.3 is 0 Å². The van der Waals surface area contributed by atoms with Crippen molar-refractivity contribution in [2.45, 2.75) is 44.6 Å². The molecule has 1 aliphatic heterocycles. The maximum absolute atomic E-state index is 12.6. The molecule has 0 radical (unpaired) electrons. The van der Waals surface area contributed by atoms with E-state index in [0.29, 0.717) is 19.6 Å². The molecular formula is C13H23N3O3S. The fourth-order valence-corrected chi connectivity index (χ4v) is 3.92. The van der Waals surface area contributed by atoms with Gasteiger partial charge in [-0.2, -0.15) is 9.40 Å². The highest BCUT2D eigenvalue weighted by Gasteiger charge is 2.31. The van der Waals surface area contributed by atoms with E-state index >= 15 is 0 Å². The largest absolute Gasteiger partial charge is 0.394 e. The van der Waals surface area contributed by atoms with Crippen LogP contribution in [0.3, 0.4) is 0 Å². The van der Waals surface area contributed by atoms with E-state index in [0.717, 1.165) is 19.3 Å². The van der Waals surface area contributed by atoms with Gasteiger partial charge in [0, 0.05) is 19.3 Å². The second kappa shape index (κ2) is 5.83. The summed E-state index contributed by atoms with van der Waals surface area (Å²) in [5.74, 6) is 0. The molecule has 0 amide bonds. The quantitative estimate of drug-likeness (QED) is 0.903. The van der Waals surface area contributed by atoms with Gasteiger partial charge in [0.1, 0.15) is 4.90 Å². The van der Waals surface area contributed by atoms with E-state index in [9.17, 15) is 8.42 Å². The zero-order valence-electron chi connectivity index (χ0n) is 12.1. The number of sulfonamides is 1. The maximum atomic E-state index is 12.6. The second-order valence-electron chi connectivity index (χ2n) is 6.08. The third-order valence-electron chi connectivity index (χ3n) is 3.88.